The number of esters is 1. The molecule has 7 amide bonds. The summed E-state index contributed by atoms with van der Waals surface area (Å²) in [6, 6.07) is 5.69. The first kappa shape index (κ1) is 77.1. The van der Waals surface area contributed by atoms with Crippen molar-refractivity contribution in [3.8, 4) is 5.75 Å². The van der Waals surface area contributed by atoms with Crippen molar-refractivity contribution in [2.75, 3.05) is 45.8 Å². The van der Waals surface area contributed by atoms with Gasteiger partial charge in [0, 0.05) is 43.7 Å². The van der Waals surface area contributed by atoms with Gasteiger partial charge in [-0.2, -0.15) is 0 Å². The van der Waals surface area contributed by atoms with E-state index in [1.807, 2.05) is 20.8 Å². The predicted molar refractivity (Wildman–Crippen MR) is 337 cm³/mol. The van der Waals surface area contributed by atoms with E-state index in [0.717, 1.165) is 6.42 Å². The van der Waals surface area contributed by atoms with Gasteiger partial charge >= 0.3 is 5.97 Å². The summed E-state index contributed by atoms with van der Waals surface area (Å²) < 4.78 is 5.43. The van der Waals surface area contributed by atoms with Gasteiger partial charge in [-0.25, -0.2) is 0 Å². The van der Waals surface area contributed by atoms with Crippen LogP contribution in [0.25, 0.3) is 0 Å². The summed E-state index contributed by atoms with van der Waals surface area (Å²) in [6.45, 7) is 9.36. The second-order valence-electron chi connectivity index (χ2n) is 23.8. The van der Waals surface area contributed by atoms with Gasteiger partial charge in [-0.05, 0) is 146 Å². The van der Waals surface area contributed by atoms with Crippen LogP contribution in [-0.2, 0) is 54.4 Å². The number of nitrogens with two attached hydrogens (primary N) is 5. The van der Waals surface area contributed by atoms with Gasteiger partial charge in [-0.3, -0.25) is 52.7 Å². The number of rotatable bonds is 30. The number of carbonyl (C=O) groups excluding carboxylic acids is 11. The van der Waals surface area contributed by atoms with Gasteiger partial charge in [0.1, 0.15) is 23.9 Å². The molecule has 3 unspecified atom stereocenters. The minimum Gasteiger partial charge on any atom is -0.426 e. The molecule has 2 aromatic rings. The number of aliphatic hydroxyl groups is 2. The zero-order valence-corrected chi connectivity index (χ0v) is 53.1. The van der Waals surface area contributed by atoms with Crippen LogP contribution in [0.3, 0.4) is 0 Å². The van der Waals surface area contributed by atoms with Gasteiger partial charge in [0.15, 0.2) is 17.3 Å². The molecule has 1 fully saturated rings. The molecule has 502 valence electrons. The summed E-state index contributed by atoms with van der Waals surface area (Å²) in [6.07, 6.45) is -2.94. The van der Waals surface area contributed by atoms with Gasteiger partial charge < -0.3 is 86.2 Å². The monoisotopic (exact) mass is 1260 g/mol. The van der Waals surface area contributed by atoms with Crippen LogP contribution in [0.1, 0.15) is 135 Å². The third kappa shape index (κ3) is 26.4. The number of hydrogen-bond donors (Lipinski definition) is 15. The maximum atomic E-state index is 14.6. The number of ether oxygens (including phenoxy) is 1. The second-order valence-corrected chi connectivity index (χ2v) is 23.8. The van der Waals surface area contributed by atoms with Crippen LogP contribution in [0.5, 0.6) is 5.75 Å². The van der Waals surface area contributed by atoms with E-state index in [1.165, 1.54) is 38.1 Å². The third-order valence-corrected chi connectivity index (χ3v) is 15.7. The molecule has 1 aliphatic heterocycles. The van der Waals surface area contributed by atoms with Crippen molar-refractivity contribution in [3.05, 3.63) is 65.7 Å². The Balaban J connectivity index is 2.01. The number of ketones is 3. The van der Waals surface area contributed by atoms with Crippen LogP contribution < -0.4 is 75.9 Å². The smallest absolute Gasteiger partial charge is 0.314 e. The molecule has 1 aliphatic rings. The van der Waals surface area contributed by atoms with Gasteiger partial charge in [0.05, 0.1) is 48.2 Å². The maximum Gasteiger partial charge on any atom is 0.314 e. The van der Waals surface area contributed by atoms with E-state index < -0.39 is 150 Å². The summed E-state index contributed by atoms with van der Waals surface area (Å²) in [5.41, 5.74) is 30.5. The van der Waals surface area contributed by atoms with Gasteiger partial charge in [-0.1, -0.05) is 64.4 Å². The predicted octanol–water partition coefficient (Wildman–Crippen LogP) is -1.45. The summed E-state index contributed by atoms with van der Waals surface area (Å²) in [5, 5.41) is 43.9. The van der Waals surface area contributed by atoms with Crippen LogP contribution in [0.4, 0.5) is 0 Å². The van der Waals surface area contributed by atoms with Crippen molar-refractivity contribution in [1.82, 2.24) is 42.5 Å². The quantitative estimate of drug-likeness (QED) is 0.0314. The zero-order valence-electron chi connectivity index (χ0n) is 53.1. The van der Waals surface area contributed by atoms with Gasteiger partial charge in [-0.15, -0.1) is 0 Å². The first-order valence-electron chi connectivity index (χ1n) is 31.4. The summed E-state index contributed by atoms with van der Waals surface area (Å²) in [5.74, 6) is -11.1. The summed E-state index contributed by atoms with van der Waals surface area (Å²) >= 11 is 0. The maximum absolute atomic E-state index is 14.6. The first-order valence-corrected chi connectivity index (χ1v) is 31.4. The van der Waals surface area contributed by atoms with E-state index in [1.54, 1.807) is 37.3 Å². The average molecular weight is 1260 g/mol. The van der Waals surface area contributed by atoms with Crippen LogP contribution in [0.2, 0.25) is 0 Å². The molecule has 90 heavy (non-hydrogen) atoms. The molecule has 0 aliphatic carbocycles. The number of benzene rings is 2. The number of nitrogens with one attached hydrogen (secondary N) is 8. The number of hydrogen-bond acceptors (Lipinski definition) is 20. The Morgan fingerprint density at radius 1 is 0.644 bits per heavy atom. The number of carbonyl (C=O) groups is 11. The van der Waals surface area contributed by atoms with Crippen molar-refractivity contribution in [2.24, 2.45) is 58.3 Å². The lowest BCUT2D eigenvalue weighted by Gasteiger charge is -2.28. The van der Waals surface area contributed by atoms with E-state index in [0.29, 0.717) is 12.0 Å². The van der Waals surface area contributed by atoms with E-state index >= 15 is 0 Å². The normalized spacial score (nSPS) is 22.4. The molecule has 0 bridgehead atoms. The zero-order chi connectivity index (χ0) is 67.0. The Morgan fingerprint density at radius 2 is 1.22 bits per heavy atom. The highest BCUT2D eigenvalue weighted by Gasteiger charge is 2.37. The third-order valence-electron chi connectivity index (χ3n) is 15.7. The lowest BCUT2D eigenvalue weighted by molar-refractivity contribution is -0.138. The van der Waals surface area contributed by atoms with E-state index in [4.69, 9.17) is 33.4 Å². The van der Waals surface area contributed by atoms with Crippen molar-refractivity contribution >= 4 is 64.7 Å². The molecule has 13 atom stereocenters. The molecule has 0 aromatic heterocycles. The average Bonchev–Trinajstić information content (AvgIpc) is 2.01. The molecule has 20 N–H and O–H groups in total. The van der Waals surface area contributed by atoms with Gasteiger partial charge in [0.25, 0.3) is 5.91 Å². The Morgan fingerprint density at radius 3 is 1.80 bits per heavy atom. The highest BCUT2D eigenvalue weighted by molar-refractivity contribution is 6.00. The topological polar surface area (TPSA) is 464 Å². The fourth-order valence-corrected chi connectivity index (χ4v) is 10.4. The first-order chi connectivity index (χ1) is 42.8. The number of aliphatic hydroxyl groups excluding tert-OH is 2. The SMILES string of the molecule is CCCC(C)C(=O)Oc1ccc(C(=O)N[C@@H](CCN)C(=O)C[C@H](C(=O)N[C@@H](CCN)C(=O)C[C@H]2CCNC(=O)[C@H](C(C)O)NC(=O)[C@H](CCN)CC(=O)[C@H](CCN)NC(=O)[C@H](CC(C)C)NC(=O)[C@@H](Cc3ccccc3)NC(=O)[C@H](CCN)NC2)C(C)O)cc1. The largest absolute Gasteiger partial charge is 0.426 e. The Bertz CT molecular complexity index is 2650. The second kappa shape index (κ2) is 40.6. The molecule has 27 heteroatoms. The Hall–Kier alpha value is -7.11. The molecule has 27 nitrogen and oxygen atoms in total. The fraction of sp³-hybridized carbons (Fsp3) is 0.635. The highest BCUT2D eigenvalue weighted by Crippen LogP contribution is 2.21. The minimum absolute atomic E-state index is 0.00429. The fourth-order valence-electron chi connectivity index (χ4n) is 10.4. The highest BCUT2D eigenvalue weighted by atomic mass is 16.5. The molecule has 2 aromatic carbocycles. The molecular formula is C63H101N13O14. The molecule has 1 saturated heterocycles. The standard InChI is InChI=1S/C63H101N13O14/c1-7-11-37(4)63(89)90-44-16-14-42(15-17-44)56(82)71-48(21-27-67)54(81)34-45(38(5)77)58(84)72-46(19-25-65)52(79)32-41-23-29-69-62(88)55(39(6)78)76-57(83)43(18-24-64)33-53(80)47(20-26-66)73-60(86)50(30-36(2)3)74-61(87)51(31-40-12-9-8-10-13-40)75-59(85)49(22-28-68)70-35-41/h8-10,12-17,36-39,41,43,45-51,55,70,77-78H,7,11,18-35,64-68H2,1-6H3,(H,69,88)(H,71,82)(H,72,84)(H,73,86)(H,74,87)(H,75,85)(H,76,83)/t37?,38?,39?,41-,43-,45+,46+,47+,48+,49+,50+,51-,55+/m1/s1. The van der Waals surface area contributed by atoms with Crippen LogP contribution in [0.15, 0.2) is 54.6 Å². The van der Waals surface area contributed by atoms with Crippen molar-refractivity contribution in [2.45, 2.75) is 180 Å². The number of amides is 7. The molecule has 0 radical (unpaired) electrons. The van der Waals surface area contributed by atoms with E-state index in [-0.39, 0.29) is 127 Å². The number of Topliss-reactive ketones (excluding diaryl/α,β-unsaturated/α-hetero) is 3. The van der Waals surface area contributed by atoms with E-state index in [9.17, 15) is 63.0 Å². The van der Waals surface area contributed by atoms with Crippen LogP contribution in [-0.4, -0.2) is 175 Å². The molecule has 1 heterocycles. The van der Waals surface area contributed by atoms with Crippen LogP contribution >= 0.6 is 0 Å². The van der Waals surface area contributed by atoms with Crippen molar-refractivity contribution in [3.63, 3.8) is 0 Å². The molecular weight excluding hydrogens is 1160 g/mol. The summed E-state index contributed by atoms with van der Waals surface area (Å²) in [7, 11) is 0. The lowest BCUT2D eigenvalue weighted by atomic mass is 9.90. The summed E-state index contributed by atoms with van der Waals surface area (Å²) in [4.78, 5) is 154. The molecule has 3 rings (SSSR count). The minimum atomic E-state index is -1.55. The molecule has 0 spiro atoms. The van der Waals surface area contributed by atoms with Crippen LogP contribution in [0, 0.1) is 29.6 Å². The van der Waals surface area contributed by atoms with Gasteiger partial charge in [0.2, 0.25) is 35.4 Å². The lowest BCUT2D eigenvalue weighted by Crippen LogP contribution is -2.58. The Labute approximate surface area is 528 Å². The Kier molecular flexibility index (Phi) is 34.8. The van der Waals surface area contributed by atoms with Crippen molar-refractivity contribution in [1.29, 1.82) is 0 Å². The molecule has 0 saturated carbocycles. The van der Waals surface area contributed by atoms with Crippen molar-refractivity contribution < 1.29 is 67.7 Å². The van der Waals surface area contributed by atoms with E-state index in [2.05, 4.69) is 42.5 Å².